The first-order valence-electron chi connectivity index (χ1n) is 5.42. The molecule has 0 aliphatic carbocycles. The third-order valence-corrected chi connectivity index (χ3v) is 2.80. The smallest absolute Gasteiger partial charge is 0.136 e. The number of likely N-dealkylation sites (N-methyl/N-ethyl adjacent to an activating group) is 1. The summed E-state index contributed by atoms with van der Waals surface area (Å²) in [5.41, 5.74) is 2.11. The molecule has 0 unspecified atom stereocenters. The Morgan fingerprint density at radius 3 is 2.94 bits per heavy atom. The van der Waals surface area contributed by atoms with E-state index in [1.807, 2.05) is 18.2 Å². The van der Waals surface area contributed by atoms with Crippen molar-refractivity contribution in [3.63, 3.8) is 0 Å². The molecule has 0 aliphatic rings. The van der Waals surface area contributed by atoms with Crippen LogP contribution in [0.5, 0.6) is 0 Å². The number of carbonyl (C=O) groups is 1. The molecule has 1 atom stereocenters. The molecular formula is C13H16ClNO2. The Morgan fingerprint density at radius 2 is 2.24 bits per heavy atom. The Hall–Kier alpha value is -1.32. The summed E-state index contributed by atoms with van der Waals surface area (Å²) in [6, 6.07) is 8.04. The molecule has 2 aromatic rings. The number of hydrogen-bond acceptors (Lipinski definition) is 3. The number of furan rings is 1. The Bertz CT molecular complexity index is 481. The molecule has 17 heavy (non-hydrogen) atoms. The van der Waals surface area contributed by atoms with E-state index in [1.54, 1.807) is 13.3 Å². The second kappa shape index (κ2) is 6.42. The van der Waals surface area contributed by atoms with E-state index < -0.39 is 0 Å². The molecule has 3 nitrogen and oxygen atoms in total. The van der Waals surface area contributed by atoms with Crippen molar-refractivity contribution in [3.05, 3.63) is 36.1 Å². The lowest BCUT2D eigenvalue weighted by Gasteiger charge is -2.08. The predicted octanol–water partition coefficient (Wildman–Crippen LogP) is 2.57. The van der Waals surface area contributed by atoms with Gasteiger partial charge in [0.1, 0.15) is 11.9 Å². The summed E-state index contributed by atoms with van der Waals surface area (Å²) in [5, 5.41) is 4.08. The van der Waals surface area contributed by atoms with Crippen LogP contribution in [0.25, 0.3) is 11.0 Å². The Balaban J connectivity index is 0.00000144. The largest absolute Gasteiger partial charge is 0.464 e. The monoisotopic (exact) mass is 253 g/mol. The van der Waals surface area contributed by atoms with Gasteiger partial charge in [0.2, 0.25) is 0 Å². The average molecular weight is 254 g/mol. The van der Waals surface area contributed by atoms with Crippen molar-refractivity contribution in [3.8, 4) is 0 Å². The summed E-state index contributed by atoms with van der Waals surface area (Å²) in [5.74, 6) is 0. The number of nitrogens with one attached hydrogen (secondary N) is 1. The molecule has 92 valence electrons. The van der Waals surface area contributed by atoms with E-state index in [1.165, 1.54) is 5.56 Å². The van der Waals surface area contributed by atoms with Gasteiger partial charge < -0.3 is 14.5 Å². The van der Waals surface area contributed by atoms with Gasteiger partial charge in [0.05, 0.1) is 12.3 Å². The fourth-order valence-corrected chi connectivity index (χ4v) is 1.76. The molecule has 1 aromatic heterocycles. The molecule has 4 heteroatoms. The number of aldehydes is 1. The maximum atomic E-state index is 10.6. The lowest BCUT2D eigenvalue weighted by atomic mass is 10.1. The van der Waals surface area contributed by atoms with E-state index >= 15 is 0 Å². The third kappa shape index (κ3) is 3.32. The highest BCUT2D eigenvalue weighted by atomic mass is 35.5. The van der Waals surface area contributed by atoms with E-state index in [-0.39, 0.29) is 18.4 Å². The maximum Gasteiger partial charge on any atom is 0.136 e. The quantitative estimate of drug-likeness (QED) is 0.833. The van der Waals surface area contributed by atoms with Gasteiger partial charge in [-0.05, 0) is 37.6 Å². The van der Waals surface area contributed by atoms with Crippen LogP contribution in [0.15, 0.2) is 34.9 Å². The van der Waals surface area contributed by atoms with Crippen molar-refractivity contribution in [1.29, 1.82) is 0 Å². The van der Waals surface area contributed by atoms with Crippen molar-refractivity contribution in [2.75, 3.05) is 7.05 Å². The van der Waals surface area contributed by atoms with Crippen LogP contribution in [0.1, 0.15) is 12.0 Å². The zero-order valence-corrected chi connectivity index (χ0v) is 10.5. The SMILES string of the molecule is CN[C@H](C=O)CCc1ccc2ccoc2c1.Cl. The Kier molecular flexibility index (Phi) is 5.19. The summed E-state index contributed by atoms with van der Waals surface area (Å²) in [4.78, 5) is 10.6. The van der Waals surface area contributed by atoms with Gasteiger partial charge in [-0.25, -0.2) is 0 Å². The third-order valence-electron chi connectivity index (χ3n) is 2.80. The standard InChI is InChI=1S/C13H15NO2.ClH/c1-14-12(9-15)5-3-10-2-4-11-6-7-16-13(11)8-10;/h2,4,6-9,12,14H,3,5H2,1H3;1H/t12-;/m0./s1. The zero-order valence-electron chi connectivity index (χ0n) is 9.68. The van der Waals surface area contributed by atoms with Crippen molar-refractivity contribution in [1.82, 2.24) is 5.32 Å². The molecule has 2 rings (SSSR count). The minimum absolute atomic E-state index is 0. The fraction of sp³-hybridized carbons (Fsp3) is 0.308. The van der Waals surface area contributed by atoms with Crippen LogP contribution in [-0.4, -0.2) is 19.4 Å². The fourth-order valence-electron chi connectivity index (χ4n) is 1.76. The van der Waals surface area contributed by atoms with Gasteiger partial charge in [-0.3, -0.25) is 0 Å². The first-order valence-corrected chi connectivity index (χ1v) is 5.42. The highest BCUT2D eigenvalue weighted by molar-refractivity contribution is 5.85. The molecule has 0 bridgehead atoms. The second-order valence-electron chi connectivity index (χ2n) is 3.86. The molecule has 0 radical (unpaired) electrons. The molecule has 0 saturated carbocycles. The average Bonchev–Trinajstić information content (AvgIpc) is 2.77. The van der Waals surface area contributed by atoms with E-state index in [4.69, 9.17) is 4.42 Å². The normalized spacial score (nSPS) is 12.1. The topological polar surface area (TPSA) is 42.2 Å². The van der Waals surface area contributed by atoms with E-state index in [2.05, 4.69) is 11.4 Å². The van der Waals surface area contributed by atoms with Crippen molar-refractivity contribution in [2.24, 2.45) is 0 Å². The number of aryl methyl sites for hydroxylation is 1. The molecule has 1 N–H and O–H groups in total. The number of halogens is 1. The van der Waals surface area contributed by atoms with Crippen molar-refractivity contribution in [2.45, 2.75) is 18.9 Å². The van der Waals surface area contributed by atoms with Crippen LogP contribution < -0.4 is 5.32 Å². The lowest BCUT2D eigenvalue weighted by molar-refractivity contribution is -0.109. The summed E-state index contributed by atoms with van der Waals surface area (Å²) in [7, 11) is 1.80. The molecule has 0 aliphatic heterocycles. The van der Waals surface area contributed by atoms with Gasteiger partial charge in [-0.15, -0.1) is 12.4 Å². The van der Waals surface area contributed by atoms with Gasteiger partial charge in [0, 0.05) is 5.39 Å². The van der Waals surface area contributed by atoms with Gasteiger partial charge in [-0.1, -0.05) is 12.1 Å². The maximum absolute atomic E-state index is 10.6. The summed E-state index contributed by atoms with van der Waals surface area (Å²) < 4.78 is 5.33. The number of fused-ring (bicyclic) bond motifs is 1. The number of carbonyl (C=O) groups excluding carboxylic acids is 1. The molecular weight excluding hydrogens is 238 g/mol. The number of hydrogen-bond donors (Lipinski definition) is 1. The van der Waals surface area contributed by atoms with Gasteiger partial charge in [-0.2, -0.15) is 0 Å². The van der Waals surface area contributed by atoms with Crippen LogP contribution in [0.3, 0.4) is 0 Å². The van der Waals surface area contributed by atoms with Crippen LogP contribution in [-0.2, 0) is 11.2 Å². The summed E-state index contributed by atoms with van der Waals surface area (Å²) in [6.45, 7) is 0. The minimum atomic E-state index is -0.0627. The molecule has 0 saturated heterocycles. The highest BCUT2D eigenvalue weighted by Crippen LogP contribution is 2.18. The van der Waals surface area contributed by atoms with E-state index in [9.17, 15) is 4.79 Å². The number of benzene rings is 1. The highest BCUT2D eigenvalue weighted by Gasteiger charge is 2.05. The predicted molar refractivity (Wildman–Crippen MR) is 70.7 cm³/mol. The molecule has 1 heterocycles. The van der Waals surface area contributed by atoms with Gasteiger partial charge >= 0.3 is 0 Å². The van der Waals surface area contributed by atoms with E-state index in [0.717, 1.165) is 30.1 Å². The Morgan fingerprint density at radius 1 is 1.41 bits per heavy atom. The minimum Gasteiger partial charge on any atom is -0.464 e. The lowest BCUT2D eigenvalue weighted by Crippen LogP contribution is -2.26. The molecule has 0 fully saturated rings. The van der Waals surface area contributed by atoms with Crippen LogP contribution in [0.2, 0.25) is 0 Å². The van der Waals surface area contributed by atoms with Crippen molar-refractivity contribution < 1.29 is 9.21 Å². The second-order valence-corrected chi connectivity index (χ2v) is 3.86. The van der Waals surface area contributed by atoms with E-state index in [0.29, 0.717) is 0 Å². The first-order chi connectivity index (χ1) is 7.83. The molecule has 1 aromatic carbocycles. The van der Waals surface area contributed by atoms with Crippen LogP contribution in [0.4, 0.5) is 0 Å². The summed E-state index contributed by atoms with van der Waals surface area (Å²) >= 11 is 0. The number of rotatable bonds is 5. The summed E-state index contributed by atoms with van der Waals surface area (Å²) in [6.07, 6.45) is 4.33. The zero-order chi connectivity index (χ0) is 11.4. The first kappa shape index (κ1) is 13.7. The van der Waals surface area contributed by atoms with Crippen molar-refractivity contribution >= 4 is 29.7 Å². The Labute approximate surface area is 107 Å². The van der Waals surface area contributed by atoms with Crippen LogP contribution >= 0.6 is 12.4 Å². The van der Waals surface area contributed by atoms with Gasteiger partial charge in [0.15, 0.2) is 0 Å². The van der Waals surface area contributed by atoms with Crippen LogP contribution in [0, 0.1) is 0 Å². The van der Waals surface area contributed by atoms with Gasteiger partial charge in [0.25, 0.3) is 0 Å². The molecule has 0 spiro atoms. The molecule has 0 amide bonds.